The van der Waals surface area contributed by atoms with Gasteiger partial charge in [0, 0.05) is 39.5 Å². The van der Waals surface area contributed by atoms with Crippen molar-refractivity contribution in [3.05, 3.63) is 18.0 Å². The maximum atomic E-state index is 10.2. The molecule has 0 aliphatic rings. The van der Waals surface area contributed by atoms with Crippen LogP contribution in [0.4, 0.5) is 0 Å². The second kappa shape index (κ2) is 7.42. The Balaban J connectivity index is 2.60. The molecule has 0 fully saturated rings. The minimum Gasteiger partial charge on any atom is -0.386 e. The van der Waals surface area contributed by atoms with Gasteiger partial charge in [0.05, 0.1) is 12.3 Å². The lowest BCUT2D eigenvalue weighted by atomic mass is 10.0. The fourth-order valence-electron chi connectivity index (χ4n) is 1.79. The van der Waals surface area contributed by atoms with Crippen LogP contribution in [0, 0.1) is 5.92 Å². The van der Waals surface area contributed by atoms with Crippen molar-refractivity contribution in [1.29, 1.82) is 0 Å². The zero-order valence-corrected chi connectivity index (χ0v) is 10.8. The predicted octanol–water partition coefficient (Wildman–Crippen LogP) is 1.24. The number of aliphatic hydroxyl groups is 1. The second-order valence-electron chi connectivity index (χ2n) is 4.20. The summed E-state index contributed by atoms with van der Waals surface area (Å²) in [5.74, 6) is 0.0536. The van der Waals surface area contributed by atoms with E-state index < -0.39 is 6.10 Å². The molecular weight excluding hydrogens is 220 g/mol. The van der Waals surface area contributed by atoms with E-state index in [2.05, 4.69) is 5.10 Å². The van der Waals surface area contributed by atoms with Gasteiger partial charge in [-0.05, 0) is 12.5 Å². The molecule has 98 valence electrons. The van der Waals surface area contributed by atoms with Crippen LogP contribution < -0.4 is 0 Å². The topological polar surface area (TPSA) is 56.5 Å². The first-order valence-corrected chi connectivity index (χ1v) is 5.88. The fraction of sp³-hybridized carbons (Fsp3) is 0.750. The summed E-state index contributed by atoms with van der Waals surface area (Å²) in [6, 6.07) is 1.85. The Morgan fingerprint density at radius 3 is 2.82 bits per heavy atom. The van der Waals surface area contributed by atoms with Crippen molar-refractivity contribution in [2.24, 2.45) is 5.92 Å². The normalized spacial score (nSPS) is 14.8. The third kappa shape index (κ3) is 4.11. The smallest absolute Gasteiger partial charge is 0.100 e. The molecule has 5 heteroatoms. The number of hydrogen-bond donors (Lipinski definition) is 1. The quantitative estimate of drug-likeness (QED) is 0.697. The summed E-state index contributed by atoms with van der Waals surface area (Å²) >= 11 is 0. The van der Waals surface area contributed by atoms with Crippen LogP contribution in [0.3, 0.4) is 0 Å². The van der Waals surface area contributed by atoms with E-state index in [1.807, 2.05) is 17.7 Å². The van der Waals surface area contributed by atoms with Crippen LogP contribution in [0.15, 0.2) is 12.3 Å². The highest BCUT2D eigenvalue weighted by molar-refractivity contribution is 5.05. The van der Waals surface area contributed by atoms with Gasteiger partial charge < -0.3 is 14.6 Å². The van der Waals surface area contributed by atoms with Gasteiger partial charge in [-0.1, -0.05) is 6.92 Å². The van der Waals surface area contributed by atoms with Gasteiger partial charge in [-0.15, -0.1) is 0 Å². The van der Waals surface area contributed by atoms with Crippen LogP contribution in [0.25, 0.3) is 0 Å². The average Bonchev–Trinajstić information content (AvgIpc) is 2.77. The van der Waals surface area contributed by atoms with Gasteiger partial charge >= 0.3 is 0 Å². The van der Waals surface area contributed by atoms with Gasteiger partial charge in [-0.2, -0.15) is 5.10 Å². The minimum atomic E-state index is -0.542. The summed E-state index contributed by atoms with van der Waals surface area (Å²) in [4.78, 5) is 0. The number of methoxy groups -OCH3 is 2. The van der Waals surface area contributed by atoms with Crippen molar-refractivity contribution in [2.45, 2.75) is 26.0 Å². The number of ether oxygens (including phenoxy) is 2. The molecule has 0 saturated heterocycles. The van der Waals surface area contributed by atoms with E-state index in [9.17, 15) is 5.11 Å². The lowest BCUT2D eigenvalue weighted by molar-refractivity contribution is 0.0507. The lowest BCUT2D eigenvalue weighted by Gasteiger charge is -2.19. The van der Waals surface area contributed by atoms with Gasteiger partial charge in [0.25, 0.3) is 0 Å². The predicted molar refractivity (Wildman–Crippen MR) is 64.7 cm³/mol. The van der Waals surface area contributed by atoms with Crippen molar-refractivity contribution in [2.75, 3.05) is 27.4 Å². The first-order chi connectivity index (χ1) is 8.20. The zero-order chi connectivity index (χ0) is 12.7. The molecule has 17 heavy (non-hydrogen) atoms. The first-order valence-electron chi connectivity index (χ1n) is 5.88. The molecule has 0 radical (unpaired) electrons. The molecule has 1 N–H and O–H groups in total. The van der Waals surface area contributed by atoms with Gasteiger partial charge in [-0.25, -0.2) is 0 Å². The summed E-state index contributed by atoms with van der Waals surface area (Å²) < 4.78 is 11.9. The Kier molecular flexibility index (Phi) is 6.18. The third-order valence-corrected chi connectivity index (χ3v) is 2.74. The summed E-state index contributed by atoms with van der Waals surface area (Å²) in [7, 11) is 3.32. The summed E-state index contributed by atoms with van der Waals surface area (Å²) in [5, 5.41) is 14.4. The highest BCUT2D eigenvalue weighted by atomic mass is 16.5. The maximum Gasteiger partial charge on any atom is 0.100 e. The van der Waals surface area contributed by atoms with Crippen molar-refractivity contribution in [3.8, 4) is 0 Å². The Hall–Kier alpha value is -0.910. The molecule has 1 rings (SSSR count). The minimum absolute atomic E-state index is 0.0536. The summed E-state index contributed by atoms with van der Waals surface area (Å²) in [6.07, 6.45) is 2.06. The largest absolute Gasteiger partial charge is 0.386 e. The van der Waals surface area contributed by atoms with E-state index >= 15 is 0 Å². The van der Waals surface area contributed by atoms with Crippen LogP contribution in [0.1, 0.15) is 25.1 Å². The standard InChI is InChI=1S/C12H22N2O3/c1-10(9-17-3)12(15)11-5-6-13-14(11)7-4-8-16-2/h5-6,10,12,15H,4,7-9H2,1-3H3. The third-order valence-electron chi connectivity index (χ3n) is 2.74. The Morgan fingerprint density at radius 1 is 1.41 bits per heavy atom. The molecule has 0 aliphatic heterocycles. The summed E-state index contributed by atoms with van der Waals surface area (Å²) in [5.41, 5.74) is 0.839. The van der Waals surface area contributed by atoms with Crippen molar-refractivity contribution in [3.63, 3.8) is 0 Å². The molecule has 1 aromatic rings. The molecule has 0 amide bonds. The second-order valence-corrected chi connectivity index (χ2v) is 4.20. The molecule has 0 spiro atoms. The fourth-order valence-corrected chi connectivity index (χ4v) is 1.79. The zero-order valence-electron chi connectivity index (χ0n) is 10.8. The van der Waals surface area contributed by atoms with Gasteiger partial charge in [0.1, 0.15) is 6.10 Å². The lowest BCUT2D eigenvalue weighted by Crippen LogP contribution is -2.19. The maximum absolute atomic E-state index is 10.2. The number of nitrogens with zero attached hydrogens (tertiary/aromatic N) is 2. The van der Waals surface area contributed by atoms with Crippen LogP contribution >= 0.6 is 0 Å². The van der Waals surface area contributed by atoms with Crippen LogP contribution in [0.5, 0.6) is 0 Å². The van der Waals surface area contributed by atoms with E-state index in [1.54, 1.807) is 20.4 Å². The molecule has 1 aromatic heterocycles. The molecule has 0 saturated carbocycles. The highest BCUT2D eigenvalue weighted by Crippen LogP contribution is 2.21. The molecular formula is C12H22N2O3. The van der Waals surface area contributed by atoms with Gasteiger partial charge in [-0.3, -0.25) is 4.68 Å². The number of hydrogen-bond acceptors (Lipinski definition) is 4. The molecule has 0 aliphatic carbocycles. The molecule has 2 unspecified atom stereocenters. The molecule has 2 atom stereocenters. The number of aromatic nitrogens is 2. The number of rotatable bonds is 8. The molecule has 0 bridgehead atoms. The Bertz CT molecular complexity index is 314. The van der Waals surface area contributed by atoms with Crippen LogP contribution in [-0.2, 0) is 16.0 Å². The van der Waals surface area contributed by atoms with Crippen molar-refractivity contribution >= 4 is 0 Å². The van der Waals surface area contributed by atoms with E-state index in [0.717, 1.165) is 18.7 Å². The monoisotopic (exact) mass is 242 g/mol. The average molecular weight is 242 g/mol. The van der Waals surface area contributed by atoms with E-state index in [-0.39, 0.29) is 5.92 Å². The molecule has 5 nitrogen and oxygen atoms in total. The van der Waals surface area contributed by atoms with E-state index in [0.29, 0.717) is 13.2 Å². The number of aryl methyl sites for hydroxylation is 1. The summed E-state index contributed by atoms with van der Waals surface area (Å²) in [6.45, 7) is 3.95. The SMILES string of the molecule is COCCCn1nccc1C(O)C(C)COC. The first kappa shape index (κ1) is 14.2. The van der Waals surface area contributed by atoms with Crippen molar-refractivity contribution < 1.29 is 14.6 Å². The number of aliphatic hydroxyl groups excluding tert-OH is 1. The Labute approximate surface area is 102 Å². The van der Waals surface area contributed by atoms with Gasteiger partial charge in [0.15, 0.2) is 0 Å². The molecule has 0 aromatic carbocycles. The Morgan fingerprint density at radius 2 is 2.18 bits per heavy atom. The van der Waals surface area contributed by atoms with Crippen LogP contribution in [-0.4, -0.2) is 42.3 Å². The van der Waals surface area contributed by atoms with E-state index in [1.165, 1.54) is 0 Å². The molecule has 1 heterocycles. The van der Waals surface area contributed by atoms with E-state index in [4.69, 9.17) is 9.47 Å². The van der Waals surface area contributed by atoms with Crippen molar-refractivity contribution in [1.82, 2.24) is 9.78 Å². The van der Waals surface area contributed by atoms with Gasteiger partial charge in [0.2, 0.25) is 0 Å². The van der Waals surface area contributed by atoms with Crippen LogP contribution in [0.2, 0.25) is 0 Å². The highest BCUT2D eigenvalue weighted by Gasteiger charge is 2.19.